The Balaban J connectivity index is 0.00000160. The summed E-state index contributed by atoms with van der Waals surface area (Å²) in [6, 6.07) is 16.2. The molecule has 0 N–H and O–H groups in total. The molecule has 3 heteroatoms. The van der Waals surface area contributed by atoms with Gasteiger partial charge in [-0.15, -0.1) is 0 Å². The van der Waals surface area contributed by atoms with Crippen molar-refractivity contribution in [2.75, 3.05) is 0 Å². The molecule has 0 aliphatic heterocycles. The Morgan fingerprint density at radius 3 is 2.13 bits per heavy atom. The van der Waals surface area contributed by atoms with Crippen molar-refractivity contribution in [3.05, 3.63) is 74.6 Å². The third-order valence-corrected chi connectivity index (χ3v) is 16.6. The van der Waals surface area contributed by atoms with E-state index in [9.17, 15) is 0 Å². The summed E-state index contributed by atoms with van der Waals surface area (Å²) < 4.78 is 5.42. The molecule has 0 bridgehead atoms. The molecule has 0 radical (unpaired) electrons. The van der Waals surface area contributed by atoms with Crippen LogP contribution in [-0.2, 0) is 27.7 Å². The van der Waals surface area contributed by atoms with Crippen LogP contribution in [0.15, 0.2) is 63.5 Å². The number of hydrogen-bond donors (Lipinski definition) is 0. The average molecular weight is 519 g/mol. The van der Waals surface area contributed by atoms with E-state index in [1.54, 1.807) is 14.4 Å². The maximum atomic E-state index is 2.50. The van der Waals surface area contributed by atoms with Crippen molar-refractivity contribution in [3.8, 4) is 11.1 Å². The first kappa shape index (κ1) is 25.5. The van der Waals surface area contributed by atoms with Crippen LogP contribution in [0.5, 0.6) is 0 Å². The third-order valence-electron chi connectivity index (χ3n) is 6.44. The Morgan fingerprint density at radius 1 is 0.900 bits per heavy atom. The first-order valence-corrected chi connectivity index (χ1v) is 14.4. The summed E-state index contributed by atoms with van der Waals surface area (Å²) in [6.07, 6.45) is 5.93. The number of fused-ring (bicyclic) bond motifs is 3. The van der Waals surface area contributed by atoms with Gasteiger partial charge in [0.15, 0.2) is 0 Å². The predicted octanol–water partition coefficient (Wildman–Crippen LogP) is 0.474. The Bertz CT molecular complexity index is 1010. The zero-order chi connectivity index (χ0) is 20.0. The van der Waals surface area contributed by atoms with Gasteiger partial charge in [-0.1, -0.05) is 0 Å². The van der Waals surface area contributed by atoms with E-state index in [1.807, 2.05) is 6.49 Å². The molecular weight excluding hydrogens is 486 g/mol. The van der Waals surface area contributed by atoms with Crippen LogP contribution in [0.4, 0.5) is 0 Å². The van der Waals surface area contributed by atoms with E-state index in [0.717, 1.165) is 6.42 Å². The zero-order valence-corrected chi connectivity index (χ0v) is 22.9. The second-order valence-corrected chi connectivity index (χ2v) is 15.0. The molecule has 0 fully saturated rings. The SMILES string of the molecule is CC1=[C]([Zr+2](=[C](C(C)C)C(C)C)[c]2cccc3c2Cc2ccccc2-3)C(C)C=C1.[Cl-].[Cl-]. The Kier molecular flexibility index (Phi) is 8.71. The molecule has 0 aromatic heterocycles. The first-order chi connectivity index (χ1) is 13.4. The van der Waals surface area contributed by atoms with Crippen molar-refractivity contribution < 1.29 is 46.1 Å². The van der Waals surface area contributed by atoms with E-state index in [4.69, 9.17) is 0 Å². The molecule has 1 atom stereocenters. The summed E-state index contributed by atoms with van der Waals surface area (Å²) in [5.41, 5.74) is 7.65. The second-order valence-electron chi connectivity index (χ2n) is 9.05. The minimum absolute atomic E-state index is 0. The van der Waals surface area contributed by atoms with Crippen molar-refractivity contribution in [2.45, 2.75) is 48.0 Å². The van der Waals surface area contributed by atoms with Gasteiger partial charge in [-0.05, 0) is 0 Å². The van der Waals surface area contributed by atoms with Crippen molar-refractivity contribution in [1.29, 1.82) is 0 Å². The summed E-state index contributed by atoms with van der Waals surface area (Å²) in [5, 5.41) is 0. The second kappa shape index (κ2) is 10.2. The summed E-state index contributed by atoms with van der Waals surface area (Å²) in [6.45, 7) is 14.5. The van der Waals surface area contributed by atoms with E-state index >= 15 is 0 Å². The van der Waals surface area contributed by atoms with Crippen LogP contribution < -0.4 is 28.1 Å². The average Bonchev–Trinajstić information content (AvgIpc) is 3.19. The molecule has 2 aromatic carbocycles. The van der Waals surface area contributed by atoms with Gasteiger partial charge in [-0.3, -0.25) is 0 Å². The maximum absolute atomic E-state index is 2.50. The summed E-state index contributed by atoms with van der Waals surface area (Å²) >= 11 is -2.20. The first-order valence-electron chi connectivity index (χ1n) is 10.7. The number of halogens is 2. The smallest absolute Gasteiger partial charge is 1.00 e. The van der Waals surface area contributed by atoms with Gasteiger partial charge in [0.1, 0.15) is 0 Å². The molecule has 0 amide bonds. The summed E-state index contributed by atoms with van der Waals surface area (Å²) in [7, 11) is 0. The third kappa shape index (κ3) is 4.41. The van der Waals surface area contributed by atoms with E-state index in [0.29, 0.717) is 17.8 Å². The number of hydrogen-bond acceptors (Lipinski definition) is 0. The molecule has 0 nitrogen and oxygen atoms in total. The van der Waals surface area contributed by atoms with Crippen LogP contribution in [-0.4, -0.2) is 3.21 Å². The van der Waals surface area contributed by atoms with Crippen molar-refractivity contribution >= 4 is 6.48 Å². The minimum Gasteiger partial charge on any atom is -1.00 e. The Morgan fingerprint density at radius 2 is 1.53 bits per heavy atom. The minimum atomic E-state index is -2.20. The molecule has 2 aliphatic rings. The largest absolute Gasteiger partial charge is 1.00 e. The van der Waals surface area contributed by atoms with Crippen LogP contribution in [0.25, 0.3) is 11.1 Å². The molecule has 30 heavy (non-hydrogen) atoms. The van der Waals surface area contributed by atoms with Gasteiger partial charge in [-0.25, -0.2) is 0 Å². The molecule has 4 rings (SSSR count). The monoisotopic (exact) mass is 516 g/mol. The van der Waals surface area contributed by atoms with Crippen molar-refractivity contribution in [2.24, 2.45) is 17.8 Å². The number of benzene rings is 2. The van der Waals surface area contributed by atoms with Crippen molar-refractivity contribution in [3.63, 3.8) is 0 Å². The van der Waals surface area contributed by atoms with Gasteiger partial charge >= 0.3 is 179 Å². The topological polar surface area (TPSA) is 0 Å². The number of rotatable bonds is 4. The van der Waals surface area contributed by atoms with Gasteiger partial charge in [0.05, 0.1) is 0 Å². The van der Waals surface area contributed by atoms with Crippen LogP contribution in [0.1, 0.15) is 52.7 Å². The zero-order valence-electron chi connectivity index (χ0n) is 18.9. The predicted molar refractivity (Wildman–Crippen MR) is 120 cm³/mol. The van der Waals surface area contributed by atoms with E-state index in [2.05, 4.69) is 96.2 Å². The van der Waals surface area contributed by atoms with Crippen LogP contribution >= 0.6 is 0 Å². The molecule has 158 valence electrons. The standard InChI is InChI=1S/C13H9.C7H9.C7H14.2ClH.Zr/c1-3-7-12-10(5-1)9-11-6-2-4-8-13(11)12;1-6-3-4-7(2)5-6;1-6(2)5-7(3)4;;;/h1-5,7-8H,9H2;3-4,6H,1-2H3;6-7H,1-4H3;2*1H;/q;;;;;+2/p-2. The Labute approximate surface area is 202 Å². The van der Waals surface area contributed by atoms with Crippen LogP contribution in [0.3, 0.4) is 0 Å². The van der Waals surface area contributed by atoms with E-state index < -0.39 is 21.3 Å². The van der Waals surface area contributed by atoms with Gasteiger partial charge in [0.2, 0.25) is 0 Å². The van der Waals surface area contributed by atoms with Crippen LogP contribution in [0, 0.1) is 17.8 Å². The van der Waals surface area contributed by atoms with Crippen LogP contribution in [0.2, 0.25) is 0 Å². The normalized spacial score (nSPS) is 16.0. The summed E-state index contributed by atoms with van der Waals surface area (Å²) in [4.78, 5) is 0. The fourth-order valence-corrected chi connectivity index (χ4v) is 14.9. The molecule has 0 spiro atoms. The molecule has 2 aliphatic carbocycles. The molecule has 0 saturated heterocycles. The molecule has 1 unspecified atom stereocenters. The van der Waals surface area contributed by atoms with Gasteiger partial charge in [0.25, 0.3) is 0 Å². The molecule has 0 saturated carbocycles. The van der Waals surface area contributed by atoms with E-state index in [-0.39, 0.29) is 24.8 Å². The molecule has 2 aromatic rings. The van der Waals surface area contributed by atoms with Gasteiger partial charge in [0, 0.05) is 0 Å². The van der Waals surface area contributed by atoms with E-state index in [1.165, 1.54) is 16.7 Å². The maximum Gasteiger partial charge on any atom is -1.00 e. The quantitative estimate of drug-likeness (QED) is 0.472. The summed E-state index contributed by atoms with van der Waals surface area (Å²) in [5.74, 6) is 1.91. The number of allylic oxidation sites excluding steroid dienone is 4. The fourth-order valence-electron chi connectivity index (χ4n) is 5.35. The van der Waals surface area contributed by atoms with Gasteiger partial charge < -0.3 is 24.8 Å². The molecular formula is C27H32Cl2Zr. The van der Waals surface area contributed by atoms with Gasteiger partial charge in [-0.2, -0.15) is 0 Å². The molecule has 0 heterocycles. The fraction of sp³-hybridized carbons (Fsp3) is 0.370. The Hall–Kier alpha value is -0.747. The van der Waals surface area contributed by atoms with Crippen molar-refractivity contribution in [1.82, 2.24) is 0 Å².